The summed E-state index contributed by atoms with van der Waals surface area (Å²) in [6.45, 7) is 0. The fourth-order valence-electron chi connectivity index (χ4n) is 1.54. The summed E-state index contributed by atoms with van der Waals surface area (Å²) < 4.78 is 0. The molecule has 2 rings (SSSR count). The molecule has 0 bridgehead atoms. The van der Waals surface area contributed by atoms with E-state index in [4.69, 9.17) is 10.2 Å². The summed E-state index contributed by atoms with van der Waals surface area (Å²) in [5.41, 5.74) is 0. The molecule has 0 saturated heterocycles. The van der Waals surface area contributed by atoms with Crippen molar-refractivity contribution in [2.45, 2.75) is 25.7 Å². The Morgan fingerprint density at radius 1 is 1.35 bits per heavy atom. The summed E-state index contributed by atoms with van der Waals surface area (Å²) >= 11 is 0. The van der Waals surface area contributed by atoms with Crippen LogP contribution in [-0.4, -0.2) is 37.7 Å². The number of aliphatic carboxylic acids is 1. The van der Waals surface area contributed by atoms with E-state index >= 15 is 0 Å². The minimum atomic E-state index is -1.15. The third-order valence-corrected chi connectivity index (χ3v) is 2.35. The molecule has 0 spiro atoms. The first-order valence-electron chi connectivity index (χ1n) is 5.18. The predicted octanol–water partition coefficient (Wildman–Crippen LogP) is 1.16. The molecule has 0 atom stereocenters. The Morgan fingerprint density at radius 3 is 2.35 bits per heavy atom. The Kier molecular flexibility index (Phi) is 4.92. The van der Waals surface area contributed by atoms with Crippen molar-refractivity contribution in [3.05, 3.63) is 6.20 Å². The molecule has 4 N–H and O–H groups in total. The summed E-state index contributed by atoms with van der Waals surface area (Å²) in [4.78, 5) is 20.1. The summed E-state index contributed by atoms with van der Waals surface area (Å²) in [5.74, 6) is -0.431. The number of hydrogen-bond acceptors (Lipinski definition) is 4. The highest BCUT2D eigenvalue weighted by Crippen LogP contribution is 2.24. The van der Waals surface area contributed by atoms with Crippen molar-refractivity contribution in [2.24, 2.45) is 5.92 Å². The average Bonchev–Trinajstić information content (AvgIpc) is 2.87. The van der Waals surface area contributed by atoms with Crippen LogP contribution in [0.2, 0.25) is 0 Å². The van der Waals surface area contributed by atoms with Gasteiger partial charge < -0.3 is 10.2 Å². The zero-order valence-corrected chi connectivity index (χ0v) is 9.09. The largest absolute Gasteiger partial charge is 0.481 e. The van der Waals surface area contributed by atoms with Gasteiger partial charge in [0.1, 0.15) is 0 Å². The maximum atomic E-state index is 10.2. The Balaban J connectivity index is 0.000000171. The lowest BCUT2D eigenvalue weighted by atomic mass is 10.1. The minimum absolute atomic E-state index is 0.0185. The van der Waals surface area contributed by atoms with E-state index in [1.165, 1.54) is 6.20 Å². The highest BCUT2D eigenvalue weighted by Gasteiger charge is 2.20. The Hall–Kier alpha value is -2.12. The van der Waals surface area contributed by atoms with Crippen LogP contribution in [0.4, 0.5) is 10.6 Å². The van der Waals surface area contributed by atoms with E-state index in [2.05, 4.69) is 15.4 Å². The van der Waals surface area contributed by atoms with Crippen molar-refractivity contribution in [1.82, 2.24) is 15.4 Å². The number of hydrogen-bond donors (Lipinski definition) is 4. The normalized spacial score (nSPS) is 14.8. The number of aromatic nitrogens is 3. The number of rotatable bonds is 2. The molecule has 1 amide bonds. The number of carbonyl (C=O) groups is 2. The van der Waals surface area contributed by atoms with Gasteiger partial charge in [-0.2, -0.15) is 10.3 Å². The SMILES string of the molecule is O=C(O)C1CCCC1.O=C(O)Nc1cn[nH]n1. The van der Waals surface area contributed by atoms with Crippen molar-refractivity contribution in [3.8, 4) is 0 Å². The van der Waals surface area contributed by atoms with Crippen LogP contribution in [0.3, 0.4) is 0 Å². The van der Waals surface area contributed by atoms with Gasteiger partial charge in [-0.05, 0) is 12.8 Å². The fourth-order valence-corrected chi connectivity index (χ4v) is 1.54. The molecule has 1 aliphatic carbocycles. The van der Waals surface area contributed by atoms with Crippen molar-refractivity contribution >= 4 is 17.9 Å². The number of anilines is 1. The lowest BCUT2D eigenvalue weighted by Gasteiger charge is -1.97. The Bertz CT molecular complexity index is 359. The minimum Gasteiger partial charge on any atom is -0.481 e. The quantitative estimate of drug-likeness (QED) is 0.615. The standard InChI is InChI=1S/C6H10O2.C3H4N4O2/c7-6(8)5-3-1-2-4-5;8-3(9)5-2-1-4-7-6-2/h5H,1-4H2,(H,7,8);1H,(H,8,9)(H2,4,5,6,7). The Morgan fingerprint density at radius 2 is 2.00 bits per heavy atom. The van der Waals surface area contributed by atoms with Gasteiger partial charge in [0, 0.05) is 0 Å². The zero-order valence-electron chi connectivity index (χ0n) is 9.09. The van der Waals surface area contributed by atoms with E-state index in [0.29, 0.717) is 0 Å². The molecule has 1 aliphatic rings. The van der Waals surface area contributed by atoms with E-state index in [1.54, 1.807) is 0 Å². The number of H-pyrrole nitrogens is 1. The van der Waals surface area contributed by atoms with Gasteiger partial charge >= 0.3 is 12.1 Å². The van der Waals surface area contributed by atoms with Crippen molar-refractivity contribution < 1.29 is 19.8 Å². The van der Waals surface area contributed by atoms with Gasteiger partial charge in [-0.3, -0.25) is 10.1 Å². The lowest BCUT2D eigenvalue weighted by molar-refractivity contribution is -0.141. The first-order valence-corrected chi connectivity index (χ1v) is 5.18. The first kappa shape index (κ1) is 12.9. The van der Waals surface area contributed by atoms with Gasteiger partial charge in [0.15, 0.2) is 5.82 Å². The van der Waals surface area contributed by atoms with Gasteiger partial charge in [-0.15, -0.1) is 5.10 Å². The maximum Gasteiger partial charge on any atom is 0.410 e. The van der Waals surface area contributed by atoms with Crippen molar-refractivity contribution in [3.63, 3.8) is 0 Å². The summed E-state index contributed by atoms with van der Waals surface area (Å²) in [7, 11) is 0. The number of aromatic amines is 1. The molecular weight excluding hydrogens is 228 g/mol. The second kappa shape index (κ2) is 6.46. The number of nitrogens with zero attached hydrogens (tertiary/aromatic N) is 2. The van der Waals surface area contributed by atoms with Crippen LogP contribution >= 0.6 is 0 Å². The van der Waals surface area contributed by atoms with E-state index in [-0.39, 0.29) is 11.7 Å². The van der Waals surface area contributed by atoms with Crippen molar-refractivity contribution in [1.29, 1.82) is 0 Å². The monoisotopic (exact) mass is 242 g/mol. The predicted molar refractivity (Wildman–Crippen MR) is 57.6 cm³/mol. The lowest BCUT2D eigenvalue weighted by Crippen LogP contribution is -2.07. The van der Waals surface area contributed by atoms with Crippen molar-refractivity contribution in [2.75, 3.05) is 5.32 Å². The van der Waals surface area contributed by atoms with Crippen LogP contribution in [0.15, 0.2) is 6.20 Å². The number of nitrogens with one attached hydrogen (secondary N) is 2. The molecule has 17 heavy (non-hydrogen) atoms. The summed E-state index contributed by atoms with van der Waals surface area (Å²) in [6.07, 6.45) is 4.14. The number of carboxylic acid groups (broad SMARTS) is 2. The molecule has 1 heterocycles. The van der Waals surface area contributed by atoms with E-state index < -0.39 is 12.1 Å². The molecule has 1 saturated carbocycles. The molecule has 0 aromatic carbocycles. The van der Waals surface area contributed by atoms with Gasteiger partial charge in [0.05, 0.1) is 12.1 Å². The van der Waals surface area contributed by atoms with Gasteiger partial charge in [0.25, 0.3) is 0 Å². The Labute approximate surface area is 97.0 Å². The molecule has 0 unspecified atom stereocenters. The van der Waals surface area contributed by atoms with Gasteiger partial charge in [0.2, 0.25) is 0 Å². The third kappa shape index (κ3) is 4.96. The molecule has 8 heteroatoms. The molecule has 94 valence electrons. The smallest absolute Gasteiger partial charge is 0.410 e. The first-order chi connectivity index (χ1) is 8.09. The van der Waals surface area contributed by atoms with Crippen LogP contribution in [0.1, 0.15) is 25.7 Å². The zero-order chi connectivity index (χ0) is 12.7. The second-order valence-corrected chi connectivity index (χ2v) is 3.61. The number of amides is 1. The van der Waals surface area contributed by atoms with Gasteiger partial charge in [-0.25, -0.2) is 4.79 Å². The van der Waals surface area contributed by atoms with Crippen LogP contribution in [0.25, 0.3) is 0 Å². The third-order valence-electron chi connectivity index (χ3n) is 2.35. The maximum absolute atomic E-state index is 10.2. The van der Waals surface area contributed by atoms with Crippen LogP contribution in [0.5, 0.6) is 0 Å². The van der Waals surface area contributed by atoms with Crippen LogP contribution in [-0.2, 0) is 4.79 Å². The molecule has 8 nitrogen and oxygen atoms in total. The summed E-state index contributed by atoms with van der Waals surface area (Å²) in [5, 5.41) is 27.6. The topological polar surface area (TPSA) is 128 Å². The van der Waals surface area contributed by atoms with Crippen LogP contribution in [0, 0.1) is 5.92 Å². The molecule has 0 aliphatic heterocycles. The van der Waals surface area contributed by atoms with E-state index in [9.17, 15) is 9.59 Å². The second-order valence-electron chi connectivity index (χ2n) is 3.61. The average molecular weight is 242 g/mol. The fraction of sp³-hybridized carbons (Fsp3) is 0.556. The molecule has 0 radical (unpaired) electrons. The highest BCUT2D eigenvalue weighted by atomic mass is 16.4. The van der Waals surface area contributed by atoms with Gasteiger partial charge in [-0.1, -0.05) is 12.8 Å². The highest BCUT2D eigenvalue weighted by molar-refractivity contribution is 5.80. The van der Waals surface area contributed by atoms with E-state index in [1.807, 2.05) is 5.32 Å². The molecular formula is C9H14N4O4. The molecule has 1 aromatic heterocycles. The van der Waals surface area contributed by atoms with Crippen LogP contribution < -0.4 is 5.32 Å². The molecule has 1 aromatic rings. The summed E-state index contributed by atoms with van der Waals surface area (Å²) in [6, 6.07) is 0. The number of carboxylic acids is 1. The van der Waals surface area contributed by atoms with E-state index in [0.717, 1.165) is 25.7 Å². The molecule has 1 fully saturated rings.